The predicted octanol–water partition coefficient (Wildman–Crippen LogP) is 3.16. The molecule has 0 aliphatic rings. The number of halogens is 4. The lowest BCUT2D eigenvalue weighted by molar-refractivity contribution is 0.0745. The molecule has 0 aliphatic heterocycles. The fraction of sp³-hybridized carbons (Fsp3) is 0.0714. The summed E-state index contributed by atoms with van der Waals surface area (Å²) >= 11 is 0. The van der Waals surface area contributed by atoms with Gasteiger partial charge >= 0.3 is 0 Å². The summed E-state index contributed by atoms with van der Waals surface area (Å²) in [5, 5.41) is 9.75. The normalized spacial score (nSPS) is 12.2. The molecule has 0 fully saturated rings. The Hall–Kier alpha value is -2.21. The number of Topliss-reactive ketones (excluding diaryl/α,β-unsaturated/α-hetero) is 1. The summed E-state index contributed by atoms with van der Waals surface area (Å²) in [6.07, 6.45) is -1.92. The van der Waals surface area contributed by atoms with Crippen molar-refractivity contribution in [3.63, 3.8) is 0 Å². The number of carbonyl (C=O) groups excluding carboxylic acids is 1. The van der Waals surface area contributed by atoms with E-state index in [1.807, 2.05) is 0 Å². The maximum absolute atomic E-state index is 13.0. The van der Waals surface area contributed by atoms with Gasteiger partial charge in [0.15, 0.2) is 5.78 Å². The van der Waals surface area contributed by atoms with Gasteiger partial charge in [-0.2, -0.15) is 0 Å². The first-order chi connectivity index (χ1) is 9.36. The summed E-state index contributed by atoms with van der Waals surface area (Å²) in [5.41, 5.74) is -0.767. The van der Waals surface area contributed by atoms with Crippen molar-refractivity contribution in [2.75, 3.05) is 0 Å². The Balaban J connectivity index is 2.36. The minimum Gasteiger partial charge on any atom is -0.380 e. The molecule has 2 nitrogen and oxygen atoms in total. The molecule has 2 aromatic carbocycles. The van der Waals surface area contributed by atoms with Crippen LogP contribution in [-0.2, 0) is 0 Å². The molecule has 0 aromatic heterocycles. The van der Waals surface area contributed by atoms with Gasteiger partial charge in [-0.15, -0.1) is 0 Å². The summed E-state index contributed by atoms with van der Waals surface area (Å²) < 4.78 is 52.0. The number of rotatable bonds is 3. The molecule has 0 unspecified atom stereocenters. The Labute approximate surface area is 111 Å². The SMILES string of the molecule is O=C(c1cc(F)cc(F)c1)[C@H](O)c1cc(F)cc(F)c1. The van der Waals surface area contributed by atoms with Crippen molar-refractivity contribution in [3.05, 3.63) is 70.8 Å². The van der Waals surface area contributed by atoms with E-state index in [1.54, 1.807) is 0 Å². The Morgan fingerprint density at radius 3 is 1.65 bits per heavy atom. The van der Waals surface area contributed by atoms with E-state index in [2.05, 4.69) is 0 Å². The van der Waals surface area contributed by atoms with Crippen LogP contribution in [0.4, 0.5) is 17.6 Å². The zero-order chi connectivity index (χ0) is 14.9. The van der Waals surface area contributed by atoms with Gasteiger partial charge in [0.1, 0.15) is 29.4 Å². The molecule has 1 atom stereocenters. The van der Waals surface area contributed by atoms with Crippen molar-refractivity contribution >= 4 is 5.78 Å². The maximum Gasteiger partial charge on any atom is 0.196 e. The van der Waals surface area contributed by atoms with Crippen LogP contribution in [0, 0.1) is 23.3 Å². The van der Waals surface area contributed by atoms with E-state index in [9.17, 15) is 27.5 Å². The van der Waals surface area contributed by atoms with Gasteiger partial charge in [-0.1, -0.05) is 0 Å². The van der Waals surface area contributed by atoms with Crippen LogP contribution in [-0.4, -0.2) is 10.9 Å². The largest absolute Gasteiger partial charge is 0.380 e. The molecular formula is C14H8F4O2. The number of ketones is 1. The zero-order valence-corrected chi connectivity index (χ0v) is 9.91. The van der Waals surface area contributed by atoms with Gasteiger partial charge in [-0.3, -0.25) is 4.79 Å². The maximum atomic E-state index is 13.0. The van der Waals surface area contributed by atoms with E-state index in [-0.39, 0.29) is 5.56 Å². The van der Waals surface area contributed by atoms with Crippen molar-refractivity contribution < 1.29 is 27.5 Å². The molecule has 0 aliphatic carbocycles. The molecule has 0 spiro atoms. The van der Waals surface area contributed by atoms with Crippen molar-refractivity contribution in [3.8, 4) is 0 Å². The molecular weight excluding hydrogens is 276 g/mol. The minimum atomic E-state index is -1.92. The number of benzene rings is 2. The van der Waals surface area contributed by atoms with Crippen LogP contribution in [0.3, 0.4) is 0 Å². The van der Waals surface area contributed by atoms with Crippen LogP contribution in [0.2, 0.25) is 0 Å². The lowest BCUT2D eigenvalue weighted by Crippen LogP contribution is -2.13. The van der Waals surface area contributed by atoms with Crippen molar-refractivity contribution in [2.45, 2.75) is 6.10 Å². The predicted molar refractivity (Wildman–Crippen MR) is 62.0 cm³/mol. The second-order valence-corrected chi connectivity index (χ2v) is 4.13. The third-order valence-corrected chi connectivity index (χ3v) is 2.60. The molecule has 0 saturated carbocycles. The van der Waals surface area contributed by atoms with Crippen LogP contribution >= 0.6 is 0 Å². The van der Waals surface area contributed by atoms with Crippen LogP contribution in [0.1, 0.15) is 22.0 Å². The molecule has 0 heterocycles. The fourth-order valence-electron chi connectivity index (χ4n) is 1.74. The highest BCUT2D eigenvalue weighted by Crippen LogP contribution is 2.21. The molecule has 6 heteroatoms. The first-order valence-electron chi connectivity index (χ1n) is 5.51. The summed E-state index contributed by atoms with van der Waals surface area (Å²) in [7, 11) is 0. The van der Waals surface area contributed by atoms with Gasteiger partial charge in [-0.05, 0) is 29.8 Å². The van der Waals surface area contributed by atoms with Crippen molar-refractivity contribution in [2.24, 2.45) is 0 Å². The van der Waals surface area contributed by atoms with E-state index < -0.39 is 40.7 Å². The summed E-state index contributed by atoms with van der Waals surface area (Å²) in [5.74, 6) is -5.00. The van der Waals surface area contributed by atoms with E-state index >= 15 is 0 Å². The quantitative estimate of drug-likeness (QED) is 0.694. The Morgan fingerprint density at radius 2 is 1.20 bits per heavy atom. The first kappa shape index (κ1) is 14.2. The Kier molecular flexibility index (Phi) is 3.85. The Morgan fingerprint density at radius 1 is 0.800 bits per heavy atom. The molecule has 2 aromatic rings. The Bertz CT molecular complexity index is 630. The lowest BCUT2D eigenvalue weighted by atomic mass is 9.99. The van der Waals surface area contributed by atoms with E-state index in [4.69, 9.17) is 0 Å². The third kappa shape index (κ3) is 3.03. The molecule has 0 bridgehead atoms. The van der Waals surface area contributed by atoms with E-state index in [1.165, 1.54) is 0 Å². The van der Waals surface area contributed by atoms with Gasteiger partial charge in [0.05, 0.1) is 0 Å². The first-order valence-corrected chi connectivity index (χ1v) is 5.51. The van der Waals surface area contributed by atoms with Crippen LogP contribution in [0.25, 0.3) is 0 Å². The summed E-state index contributed by atoms with van der Waals surface area (Å²) in [4.78, 5) is 11.8. The average Bonchev–Trinajstić information content (AvgIpc) is 2.34. The van der Waals surface area contributed by atoms with Crippen LogP contribution in [0.15, 0.2) is 36.4 Å². The summed E-state index contributed by atoms with van der Waals surface area (Å²) in [6, 6.07) is 4.12. The number of aliphatic hydroxyl groups is 1. The third-order valence-electron chi connectivity index (χ3n) is 2.60. The molecule has 0 saturated heterocycles. The number of aliphatic hydroxyl groups excluding tert-OH is 1. The topological polar surface area (TPSA) is 37.3 Å². The van der Waals surface area contributed by atoms with E-state index in [0.717, 1.165) is 24.3 Å². The average molecular weight is 284 g/mol. The summed E-state index contributed by atoms with van der Waals surface area (Å²) in [6.45, 7) is 0. The van der Waals surface area contributed by atoms with Crippen LogP contribution in [0.5, 0.6) is 0 Å². The molecule has 104 valence electrons. The minimum absolute atomic E-state index is 0.336. The van der Waals surface area contributed by atoms with Gasteiger partial charge in [0.2, 0.25) is 0 Å². The van der Waals surface area contributed by atoms with E-state index in [0.29, 0.717) is 12.1 Å². The second-order valence-electron chi connectivity index (χ2n) is 4.13. The molecule has 20 heavy (non-hydrogen) atoms. The van der Waals surface area contributed by atoms with Gasteiger partial charge < -0.3 is 5.11 Å². The van der Waals surface area contributed by atoms with Gasteiger partial charge in [0.25, 0.3) is 0 Å². The number of carbonyl (C=O) groups is 1. The smallest absolute Gasteiger partial charge is 0.196 e. The second kappa shape index (κ2) is 5.42. The lowest BCUT2D eigenvalue weighted by Gasteiger charge is -2.10. The van der Waals surface area contributed by atoms with Crippen molar-refractivity contribution in [1.29, 1.82) is 0 Å². The zero-order valence-electron chi connectivity index (χ0n) is 9.91. The fourth-order valence-corrected chi connectivity index (χ4v) is 1.74. The standard InChI is InChI=1S/C14H8F4O2/c15-9-1-7(2-10(16)5-9)13(19)14(20)8-3-11(17)6-12(18)4-8/h1-6,13,19H/t13-/m1/s1. The molecule has 1 N–H and O–H groups in total. The molecule has 0 amide bonds. The highest BCUT2D eigenvalue weighted by Gasteiger charge is 2.21. The van der Waals surface area contributed by atoms with Gasteiger partial charge in [0, 0.05) is 17.7 Å². The number of hydrogen-bond donors (Lipinski definition) is 1. The highest BCUT2D eigenvalue weighted by molar-refractivity contribution is 5.99. The van der Waals surface area contributed by atoms with Crippen molar-refractivity contribution in [1.82, 2.24) is 0 Å². The number of hydrogen-bond acceptors (Lipinski definition) is 2. The van der Waals surface area contributed by atoms with Gasteiger partial charge in [-0.25, -0.2) is 17.6 Å². The highest BCUT2D eigenvalue weighted by atomic mass is 19.1. The molecule has 0 radical (unpaired) electrons. The monoisotopic (exact) mass is 284 g/mol. The molecule has 2 rings (SSSR count). The van der Waals surface area contributed by atoms with Crippen LogP contribution < -0.4 is 0 Å².